The number of hydrogen-bond donors (Lipinski definition) is 1. The Labute approximate surface area is 113 Å². The van der Waals surface area contributed by atoms with Crippen molar-refractivity contribution in [2.24, 2.45) is 5.92 Å². The first kappa shape index (κ1) is 13.8. The first-order valence-electron chi connectivity index (χ1n) is 6.76. The first-order chi connectivity index (χ1) is 8.61. The molecule has 2 rings (SSSR count). The Morgan fingerprint density at radius 1 is 1.22 bits per heavy atom. The number of hydrogen-bond acceptors (Lipinski definition) is 2. The van der Waals surface area contributed by atoms with Crippen LogP contribution in [0.5, 0.6) is 0 Å². The molecule has 1 aromatic rings. The average Bonchev–Trinajstić information content (AvgIpc) is 2.39. The predicted molar refractivity (Wildman–Crippen MR) is 77.2 cm³/mol. The zero-order valence-corrected chi connectivity index (χ0v) is 12.3. The van der Waals surface area contributed by atoms with Crippen LogP contribution >= 0.6 is 0 Å². The lowest BCUT2D eigenvalue weighted by molar-refractivity contribution is 0.325. The molecular formula is C15H23NOS. The summed E-state index contributed by atoms with van der Waals surface area (Å²) in [7, 11) is 1.09. The summed E-state index contributed by atoms with van der Waals surface area (Å²) in [6.45, 7) is 4.33. The third-order valence-corrected chi connectivity index (χ3v) is 5.76. The zero-order valence-electron chi connectivity index (χ0n) is 11.5. The summed E-state index contributed by atoms with van der Waals surface area (Å²) in [6, 6.07) is 8.51. The molecular weight excluding hydrogens is 242 g/mol. The van der Waals surface area contributed by atoms with Crippen molar-refractivity contribution in [1.82, 2.24) is 5.32 Å². The van der Waals surface area contributed by atoms with Gasteiger partial charge >= 0.3 is 0 Å². The summed E-state index contributed by atoms with van der Waals surface area (Å²) >= 11 is 0. The van der Waals surface area contributed by atoms with E-state index in [-0.39, 0.29) is 5.25 Å². The van der Waals surface area contributed by atoms with E-state index in [2.05, 4.69) is 19.2 Å². The molecule has 3 heteroatoms. The van der Waals surface area contributed by atoms with Crippen LogP contribution in [0.4, 0.5) is 0 Å². The molecule has 2 nitrogen and oxygen atoms in total. The van der Waals surface area contributed by atoms with Gasteiger partial charge in [0.15, 0.2) is 0 Å². The van der Waals surface area contributed by atoms with E-state index in [0.717, 1.165) is 17.7 Å². The molecule has 1 fully saturated rings. The van der Waals surface area contributed by atoms with Gasteiger partial charge < -0.3 is 5.32 Å². The summed E-state index contributed by atoms with van der Waals surface area (Å²) in [5.41, 5.74) is 1.22. The van der Waals surface area contributed by atoms with Crippen LogP contribution < -0.4 is 5.32 Å². The second-order valence-electron chi connectivity index (χ2n) is 5.46. The Bertz CT molecular complexity index is 415. The summed E-state index contributed by atoms with van der Waals surface area (Å²) in [4.78, 5) is 0.972. The largest absolute Gasteiger partial charge is 0.316 e. The minimum atomic E-state index is -0.891. The number of aryl methyl sites for hydroxylation is 1. The van der Waals surface area contributed by atoms with Gasteiger partial charge in [0.25, 0.3) is 0 Å². The molecule has 0 radical (unpaired) electrons. The van der Waals surface area contributed by atoms with Crippen molar-refractivity contribution in [2.45, 2.75) is 49.3 Å². The fraction of sp³-hybridized carbons (Fsp3) is 0.600. The standard InChI is InChI=1S/C15H23NOS/c1-11-4-7-13(8-5-11)18(17)15-10-12(2)6-9-14(15)16-3/h4-5,7-8,12,14-16H,6,9-10H2,1-3H3. The quantitative estimate of drug-likeness (QED) is 0.910. The molecule has 0 aromatic heterocycles. The Morgan fingerprint density at radius 2 is 1.89 bits per heavy atom. The van der Waals surface area contributed by atoms with E-state index in [1.165, 1.54) is 12.0 Å². The van der Waals surface area contributed by atoms with Gasteiger partial charge in [-0.15, -0.1) is 0 Å². The van der Waals surface area contributed by atoms with Gasteiger partial charge in [0.2, 0.25) is 0 Å². The van der Waals surface area contributed by atoms with Gasteiger partial charge in [0.1, 0.15) is 0 Å². The molecule has 1 aromatic carbocycles. The Hall–Kier alpha value is -0.670. The third kappa shape index (κ3) is 3.01. The number of nitrogens with one attached hydrogen (secondary N) is 1. The summed E-state index contributed by atoms with van der Waals surface area (Å²) < 4.78 is 12.7. The maximum Gasteiger partial charge on any atom is 0.0576 e. The second kappa shape index (κ2) is 5.98. The van der Waals surface area contributed by atoms with E-state index in [4.69, 9.17) is 0 Å². The minimum absolute atomic E-state index is 0.251. The molecule has 0 spiro atoms. The van der Waals surface area contributed by atoms with Gasteiger partial charge in [-0.2, -0.15) is 0 Å². The second-order valence-corrected chi connectivity index (χ2v) is 7.13. The molecule has 0 bridgehead atoms. The van der Waals surface area contributed by atoms with Gasteiger partial charge in [0, 0.05) is 10.9 Å². The maximum atomic E-state index is 12.7. The lowest BCUT2D eigenvalue weighted by Gasteiger charge is -2.34. The van der Waals surface area contributed by atoms with Crippen molar-refractivity contribution in [2.75, 3.05) is 7.05 Å². The first-order valence-corrected chi connectivity index (χ1v) is 7.97. The number of benzene rings is 1. The van der Waals surface area contributed by atoms with E-state index in [0.29, 0.717) is 12.0 Å². The SMILES string of the molecule is CNC1CCC(C)CC1S(=O)c1ccc(C)cc1. The summed E-state index contributed by atoms with van der Waals surface area (Å²) in [5, 5.41) is 3.59. The van der Waals surface area contributed by atoms with Gasteiger partial charge in [0.05, 0.1) is 16.0 Å². The highest BCUT2D eigenvalue weighted by Gasteiger charge is 2.32. The van der Waals surface area contributed by atoms with E-state index >= 15 is 0 Å². The smallest absolute Gasteiger partial charge is 0.0576 e. The maximum absolute atomic E-state index is 12.7. The third-order valence-electron chi connectivity index (χ3n) is 3.95. The van der Waals surface area contributed by atoms with Gasteiger partial charge in [-0.3, -0.25) is 4.21 Å². The normalized spacial score (nSPS) is 30.1. The zero-order chi connectivity index (χ0) is 13.1. The van der Waals surface area contributed by atoms with Crippen molar-refractivity contribution >= 4 is 10.8 Å². The molecule has 4 atom stereocenters. The predicted octanol–water partition coefficient (Wildman–Crippen LogP) is 2.88. The average molecular weight is 265 g/mol. The fourth-order valence-electron chi connectivity index (χ4n) is 2.74. The highest BCUT2D eigenvalue weighted by atomic mass is 32.2. The van der Waals surface area contributed by atoms with Crippen molar-refractivity contribution in [3.05, 3.63) is 29.8 Å². The molecule has 0 amide bonds. The van der Waals surface area contributed by atoms with Crippen molar-refractivity contribution < 1.29 is 4.21 Å². The van der Waals surface area contributed by atoms with Crippen LogP contribution in [0.15, 0.2) is 29.2 Å². The highest BCUT2D eigenvalue weighted by Crippen LogP contribution is 2.30. The van der Waals surface area contributed by atoms with Crippen LogP contribution in [-0.2, 0) is 10.8 Å². The molecule has 1 aliphatic rings. The Balaban J connectivity index is 2.17. The topological polar surface area (TPSA) is 29.1 Å². The van der Waals surface area contributed by atoms with Crippen LogP contribution in [0.2, 0.25) is 0 Å². The highest BCUT2D eigenvalue weighted by molar-refractivity contribution is 7.85. The van der Waals surface area contributed by atoms with Crippen LogP contribution in [0.1, 0.15) is 31.7 Å². The molecule has 0 saturated heterocycles. The molecule has 1 N–H and O–H groups in total. The number of rotatable bonds is 3. The van der Waals surface area contributed by atoms with Gasteiger partial charge in [-0.05, 0) is 51.3 Å². The Morgan fingerprint density at radius 3 is 2.50 bits per heavy atom. The molecule has 1 saturated carbocycles. The monoisotopic (exact) mass is 265 g/mol. The summed E-state index contributed by atoms with van der Waals surface area (Å²) in [6.07, 6.45) is 3.44. The van der Waals surface area contributed by atoms with Gasteiger partial charge in [-0.25, -0.2) is 0 Å². The van der Waals surface area contributed by atoms with Crippen LogP contribution in [0, 0.1) is 12.8 Å². The Kier molecular flexibility index (Phi) is 4.57. The lowest BCUT2D eigenvalue weighted by Crippen LogP contribution is -2.44. The molecule has 1 aliphatic carbocycles. The molecule has 100 valence electrons. The van der Waals surface area contributed by atoms with Crippen LogP contribution in [0.3, 0.4) is 0 Å². The summed E-state index contributed by atoms with van der Waals surface area (Å²) in [5.74, 6) is 0.689. The van der Waals surface area contributed by atoms with E-state index in [1.54, 1.807) is 0 Å². The van der Waals surface area contributed by atoms with E-state index < -0.39 is 10.8 Å². The van der Waals surface area contributed by atoms with E-state index in [9.17, 15) is 4.21 Å². The fourth-order valence-corrected chi connectivity index (χ4v) is 4.57. The van der Waals surface area contributed by atoms with Crippen LogP contribution in [-0.4, -0.2) is 22.5 Å². The molecule has 18 heavy (non-hydrogen) atoms. The van der Waals surface area contributed by atoms with Crippen molar-refractivity contribution in [3.8, 4) is 0 Å². The van der Waals surface area contributed by atoms with Crippen LogP contribution in [0.25, 0.3) is 0 Å². The van der Waals surface area contributed by atoms with Crippen molar-refractivity contribution in [3.63, 3.8) is 0 Å². The van der Waals surface area contributed by atoms with E-state index in [1.807, 2.05) is 31.3 Å². The minimum Gasteiger partial charge on any atom is -0.316 e. The molecule has 4 unspecified atom stereocenters. The lowest BCUT2D eigenvalue weighted by atomic mass is 9.87. The van der Waals surface area contributed by atoms with Crippen molar-refractivity contribution in [1.29, 1.82) is 0 Å². The molecule has 0 aliphatic heterocycles. The molecule has 0 heterocycles. The van der Waals surface area contributed by atoms with Gasteiger partial charge in [-0.1, -0.05) is 24.6 Å².